The number of hydrogen-bond donors (Lipinski definition) is 1. The predicted molar refractivity (Wildman–Crippen MR) is 95.8 cm³/mol. The van der Waals surface area contributed by atoms with Gasteiger partial charge < -0.3 is 5.32 Å². The molecule has 1 heterocycles. The van der Waals surface area contributed by atoms with E-state index in [4.69, 9.17) is 0 Å². The average Bonchev–Trinajstić information content (AvgIpc) is 3.05. The minimum absolute atomic E-state index is 0.0396. The van der Waals surface area contributed by atoms with Gasteiger partial charge in [0.15, 0.2) is 5.13 Å². The fraction of sp³-hybridized carbons (Fsp3) is 0.158. The van der Waals surface area contributed by atoms with Gasteiger partial charge in [-0.15, -0.1) is 0 Å². The van der Waals surface area contributed by atoms with Crippen molar-refractivity contribution in [3.8, 4) is 0 Å². The fourth-order valence-electron chi connectivity index (χ4n) is 2.45. The van der Waals surface area contributed by atoms with Crippen molar-refractivity contribution in [1.82, 2.24) is 4.98 Å². The molecule has 0 spiro atoms. The largest absolute Gasteiger partial charge is 0.331 e. The van der Waals surface area contributed by atoms with Crippen molar-refractivity contribution >= 4 is 27.9 Å². The van der Waals surface area contributed by atoms with Gasteiger partial charge in [-0.25, -0.2) is 4.98 Å². The Morgan fingerprint density at radius 1 is 1.13 bits per heavy atom. The van der Waals surface area contributed by atoms with Crippen LogP contribution in [0.25, 0.3) is 0 Å². The van der Waals surface area contributed by atoms with Gasteiger partial charge in [0, 0.05) is 11.3 Å². The molecule has 0 radical (unpaired) electrons. The van der Waals surface area contributed by atoms with Crippen molar-refractivity contribution in [2.24, 2.45) is 0 Å². The lowest BCUT2D eigenvalue weighted by molar-refractivity contribution is 0.104. The summed E-state index contributed by atoms with van der Waals surface area (Å²) in [5, 5.41) is 4.02. The number of ketones is 1. The molecule has 0 aliphatic carbocycles. The zero-order chi connectivity index (χ0) is 16.2. The van der Waals surface area contributed by atoms with Crippen LogP contribution in [0.4, 0.5) is 10.8 Å². The smallest absolute Gasteiger partial charge is 0.204 e. The molecule has 116 valence electrons. The number of nitrogens with one attached hydrogen (secondary N) is 1. The summed E-state index contributed by atoms with van der Waals surface area (Å²) in [4.78, 5) is 17.7. The molecule has 0 aliphatic heterocycles. The van der Waals surface area contributed by atoms with Gasteiger partial charge in [0.25, 0.3) is 0 Å². The Kier molecular flexibility index (Phi) is 4.53. The lowest BCUT2D eigenvalue weighted by Crippen LogP contribution is -2.02. The zero-order valence-electron chi connectivity index (χ0n) is 13.2. The number of benzene rings is 2. The van der Waals surface area contributed by atoms with Crippen molar-refractivity contribution in [1.29, 1.82) is 0 Å². The second-order valence-electron chi connectivity index (χ2n) is 5.31. The second-order valence-corrected chi connectivity index (χ2v) is 6.34. The third kappa shape index (κ3) is 3.32. The Morgan fingerprint density at radius 2 is 1.87 bits per heavy atom. The van der Waals surface area contributed by atoms with Gasteiger partial charge in [-0.05, 0) is 30.5 Å². The molecule has 1 N–H and O–H groups in total. The first kappa shape index (κ1) is 15.4. The van der Waals surface area contributed by atoms with Crippen LogP contribution in [0.5, 0.6) is 0 Å². The van der Waals surface area contributed by atoms with Crippen molar-refractivity contribution in [2.45, 2.75) is 20.3 Å². The highest BCUT2D eigenvalue weighted by Crippen LogP contribution is 2.26. The highest BCUT2D eigenvalue weighted by molar-refractivity contribution is 7.17. The van der Waals surface area contributed by atoms with E-state index in [2.05, 4.69) is 17.2 Å². The quantitative estimate of drug-likeness (QED) is 0.673. The van der Waals surface area contributed by atoms with E-state index in [1.54, 1.807) is 6.20 Å². The predicted octanol–water partition coefficient (Wildman–Crippen LogP) is 4.99. The number of anilines is 2. The monoisotopic (exact) mass is 322 g/mol. The van der Waals surface area contributed by atoms with Gasteiger partial charge in [0.05, 0.1) is 11.1 Å². The molecule has 0 amide bonds. The summed E-state index contributed by atoms with van der Waals surface area (Å²) in [5.41, 5.74) is 3.99. The van der Waals surface area contributed by atoms with E-state index in [9.17, 15) is 4.79 Å². The average molecular weight is 322 g/mol. The van der Waals surface area contributed by atoms with Crippen LogP contribution in [-0.2, 0) is 6.42 Å². The number of carbonyl (C=O) groups is 1. The molecular formula is C19H18N2OS. The van der Waals surface area contributed by atoms with E-state index in [0.717, 1.165) is 33.9 Å². The van der Waals surface area contributed by atoms with Crippen LogP contribution in [0, 0.1) is 6.92 Å². The molecule has 4 heteroatoms. The summed E-state index contributed by atoms with van der Waals surface area (Å²) in [6, 6.07) is 15.8. The molecule has 0 aliphatic rings. The molecule has 3 aromatic rings. The summed E-state index contributed by atoms with van der Waals surface area (Å²) in [5.74, 6) is 0.0396. The highest BCUT2D eigenvalue weighted by Gasteiger charge is 2.15. The fourth-order valence-corrected chi connectivity index (χ4v) is 3.23. The molecule has 3 nitrogen and oxygen atoms in total. The third-order valence-electron chi connectivity index (χ3n) is 3.76. The number of para-hydroxylation sites is 1. The van der Waals surface area contributed by atoms with Gasteiger partial charge in [0.2, 0.25) is 5.78 Å². The molecule has 1 aromatic heterocycles. The zero-order valence-corrected chi connectivity index (χ0v) is 14.0. The maximum atomic E-state index is 12.7. The number of aryl methyl sites for hydroxylation is 2. The van der Waals surface area contributed by atoms with Gasteiger partial charge >= 0.3 is 0 Å². The number of thiazole rings is 1. The van der Waals surface area contributed by atoms with Crippen molar-refractivity contribution in [3.05, 3.63) is 76.3 Å². The molecule has 0 fully saturated rings. The van der Waals surface area contributed by atoms with E-state index in [0.29, 0.717) is 4.88 Å². The van der Waals surface area contributed by atoms with E-state index in [-0.39, 0.29) is 5.78 Å². The number of hydrogen-bond acceptors (Lipinski definition) is 4. The van der Waals surface area contributed by atoms with E-state index in [1.807, 2.05) is 55.5 Å². The van der Waals surface area contributed by atoms with Crippen molar-refractivity contribution in [2.75, 3.05) is 5.32 Å². The minimum atomic E-state index is 0.0396. The Balaban J connectivity index is 1.84. The van der Waals surface area contributed by atoms with Crippen LogP contribution in [0.2, 0.25) is 0 Å². The standard InChI is InChI=1S/C19H18N2OS/c1-3-14-9-5-6-10-15(14)18(22)17-12-20-19(23-17)21-16-11-7-4-8-13(16)2/h4-12H,3H2,1-2H3,(H,20,21). The Morgan fingerprint density at radius 3 is 2.65 bits per heavy atom. The molecule has 0 saturated heterocycles. The van der Waals surface area contributed by atoms with E-state index in [1.165, 1.54) is 11.3 Å². The molecule has 0 atom stereocenters. The van der Waals surface area contributed by atoms with E-state index >= 15 is 0 Å². The summed E-state index contributed by atoms with van der Waals surface area (Å²) in [7, 11) is 0. The topological polar surface area (TPSA) is 42.0 Å². The van der Waals surface area contributed by atoms with Crippen LogP contribution in [0.1, 0.15) is 33.3 Å². The van der Waals surface area contributed by atoms with Gasteiger partial charge in [-0.1, -0.05) is 60.7 Å². The maximum absolute atomic E-state index is 12.7. The van der Waals surface area contributed by atoms with E-state index < -0.39 is 0 Å². The van der Waals surface area contributed by atoms with Crippen LogP contribution < -0.4 is 5.32 Å². The van der Waals surface area contributed by atoms with Crippen LogP contribution in [0.3, 0.4) is 0 Å². The molecule has 0 saturated carbocycles. The van der Waals surface area contributed by atoms with Gasteiger partial charge in [0.1, 0.15) is 0 Å². The molecule has 23 heavy (non-hydrogen) atoms. The number of carbonyl (C=O) groups excluding carboxylic acids is 1. The highest BCUT2D eigenvalue weighted by atomic mass is 32.1. The Bertz CT molecular complexity index is 839. The summed E-state index contributed by atoms with van der Waals surface area (Å²) in [6.45, 7) is 4.10. The Labute approximate surface area is 140 Å². The van der Waals surface area contributed by atoms with Crippen LogP contribution in [-0.4, -0.2) is 10.8 Å². The first-order valence-corrected chi connectivity index (χ1v) is 8.41. The number of nitrogens with zero attached hydrogens (tertiary/aromatic N) is 1. The number of aromatic nitrogens is 1. The Hall–Kier alpha value is -2.46. The lowest BCUT2D eigenvalue weighted by Gasteiger charge is -2.06. The lowest BCUT2D eigenvalue weighted by atomic mass is 10.0. The van der Waals surface area contributed by atoms with Crippen LogP contribution in [0.15, 0.2) is 54.7 Å². The second kappa shape index (κ2) is 6.75. The first-order chi connectivity index (χ1) is 11.2. The SMILES string of the molecule is CCc1ccccc1C(=O)c1cnc(Nc2ccccc2C)s1. The maximum Gasteiger partial charge on any atom is 0.204 e. The molecular weight excluding hydrogens is 304 g/mol. The molecule has 0 bridgehead atoms. The van der Waals surface area contributed by atoms with Crippen LogP contribution >= 0.6 is 11.3 Å². The molecule has 0 unspecified atom stereocenters. The first-order valence-electron chi connectivity index (χ1n) is 7.60. The minimum Gasteiger partial charge on any atom is -0.331 e. The molecule has 2 aromatic carbocycles. The van der Waals surface area contributed by atoms with Gasteiger partial charge in [-0.2, -0.15) is 0 Å². The van der Waals surface area contributed by atoms with Crippen molar-refractivity contribution in [3.63, 3.8) is 0 Å². The molecule has 3 rings (SSSR count). The normalized spacial score (nSPS) is 10.5. The van der Waals surface area contributed by atoms with Gasteiger partial charge in [-0.3, -0.25) is 4.79 Å². The summed E-state index contributed by atoms with van der Waals surface area (Å²) in [6.07, 6.45) is 2.50. The summed E-state index contributed by atoms with van der Waals surface area (Å²) < 4.78 is 0. The third-order valence-corrected chi connectivity index (χ3v) is 4.67. The van der Waals surface area contributed by atoms with Crippen molar-refractivity contribution < 1.29 is 4.79 Å². The summed E-state index contributed by atoms with van der Waals surface area (Å²) >= 11 is 1.39. The number of rotatable bonds is 5.